The summed E-state index contributed by atoms with van der Waals surface area (Å²) < 4.78 is 1.56. The number of nitrogens with zero attached hydrogens (tertiary/aromatic N) is 3. The fourth-order valence-corrected chi connectivity index (χ4v) is 1.91. The van der Waals surface area contributed by atoms with Gasteiger partial charge in [-0.05, 0) is 12.1 Å². The summed E-state index contributed by atoms with van der Waals surface area (Å²) in [4.78, 5) is 4.49. The van der Waals surface area contributed by atoms with E-state index >= 15 is 0 Å². The van der Waals surface area contributed by atoms with Crippen molar-refractivity contribution in [3.8, 4) is 17.6 Å². The molecule has 0 N–H and O–H groups in total. The number of hydrogen-bond donors (Lipinski definition) is 0. The minimum Gasteiger partial charge on any atom is -0.228 e. The van der Waals surface area contributed by atoms with Gasteiger partial charge in [0.2, 0.25) is 0 Å². The second kappa shape index (κ2) is 3.76. The maximum atomic E-state index is 9.24. The molecule has 0 saturated heterocycles. The van der Waals surface area contributed by atoms with Crippen LogP contribution in [0.15, 0.2) is 54.6 Å². The van der Waals surface area contributed by atoms with Crippen molar-refractivity contribution in [2.24, 2.45) is 0 Å². The van der Waals surface area contributed by atoms with Crippen molar-refractivity contribution in [3.63, 3.8) is 0 Å². The van der Waals surface area contributed by atoms with Crippen LogP contribution in [0.25, 0.3) is 22.4 Å². The van der Waals surface area contributed by atoms with Crippen LogP contribution in [0.5, 0.6) is 0 Å². The van der Waals surface area contributed by atoms with Gasteiger partial charge in [0.1, 0.15) is 0 Å². The molecule has 3 heteroatoms. The smallest absolute Gasteiger partial charge is 0.190 e. The highest BCUT2D eigenvalue weighted by Crippen LogP contribution is 2.23. The van der Waals surface area contributed by atoms with Crippen LogP contribution in [0.2, 0.25) is 0 Å². The molecular formula is C14H9N3. The van der Waals surface area contributed by atoms with E-state index in [1.165, 1.54) is 0 Å². The first-order valence-electron chi connectivity index (χ1n) is 5.33. The zero-order chi connectivity index (χ0) is 11.7. The van der Waals surface area contributed by atoms with Crippen LogP contribution in [-0.2, 0) is 0 Å². The van der Waals surface area contributed by atoms with E-state index in [1.54, 1.807) is 4.57 Å². The minimum absolute atomic E-state index is 0.689. The van der Waals surface area contributed by atoms with E-state index in [4.69, 9.17) is 0 Å². The number of fused-ring (bicyclic) bond motifs is 1. The Kier molecular flexibility index (Phi) is 2.13. The molecule has 0 aliphatic carbocycles. The number of para-hydroxylation sites is 2. The molecule has 1 aromatic heterocycles. The summed E-state index contributed by atoms with van der Waals surface area (Å²) in [6, 6.07) is 17.4. The molecule has 0 amide bonds. The molecule has 3 aromatic rings. The first kappa shape index (κ1) is 9.61. The van der Waals surface area contributed by atoms with Crippen LogP contribution in [-0.4, -0.2) is 9.55 Å². The van der Waals surface area contributed by atoms with Gasteiger partial charge < -0.3 is 0 Å². The summed E-state index contributed by atoms with van der Waals surface area (Å²) in [5.41, 5.74) is 2.63. The van der Waals surface area contributed by atoms with E-state index in [1.807, 2.05) is 54.6 Å². The Morgan fingerprint density at radius 1 is 0.941 bits per heavy atom. The van der Waals surface area contributed by atoms with Crippen molar-refractivity contribution in [2.45, 2.75) is 0 Å². The van der Waals surface area contributed by atoms with Crippen molar-refractivity contribution >= 4 is 11.0 Å². The van der Waals surface area contributed by atoms with Crippen molar-refractivity contribution < 1.29 is 0 Å². The first-order chi connectivity index (χ1) is 8.40. The van der Waals surface area contributed by atoms with Crippen LogP contribution in [0.1, 0.15) is 0 Å². The highest BCUT2D eigenvalue weighted by atomic mass is 15.1. The normalized spacial score (nSPS) is 10.3. The van der Waals surface area contributed by atoms with E-state index in [2.05, 4.69) is 11.2 Å². The van der Waals surface area contributed by atoms with Crippen LogP contribution in [0, 0.1) is 11.5 Å². The lowest BCUT2D eigenvalue weighted by atomic mass is 10.2. The molecule has 0 spiro atoms. The number of nitriles is 1. The molecule has 1 heterocycles. The van der Waals surface area contributed by atoms with Crippen molar-refractivity contribution in [1.82, 2.24) is 9.55 Å². The molecular weight excluding hydrogens is 210 g/mol. The molecule has 3 rings (SSSR count). The van der Waals surface area contributed by atoms with Gasteiger partial charge in [-0.3, -0.25) is 0 Å². The lowest BCUT2D eigenvalue weighted by Gasteiger charge is -1.98. The maximum Gasteiger partial charge on any atom is 0.190 e. The zero-order valence-corrected chi connectivity index (χ0v) is 9.04. The predicted octanol–water partition coefficient (Wildman–Crippen LogP) is 3.03. The Balaban J connectivity index is 2.35. The van der Waals surface area contributed by atoms with Crippen molar-refractivity contribution in [3.05, 3.63) is 54.6 Å². The summed E-state index contributed by atoms with van der Waals surface area (Å²) in [5, 5.41) is 9.24. The summed E-state index contributed by atoms with van der Waals surface area (Å²) in [6.07, 6.45) is 2.17. The average Bonchev–Trinajstić information content (AvgIpc) is 2.78. The molecule has 0 atom stereocenters. The lowest BCUT2D eigenvalue weighted by Crippen LogP contribution is -1.91. The van der Waals surface area contributed by atoms with E-state index < -0.39 is 0 Å². The Hall–Kier alpha value is -2.60. The Bertz CT molecular complexity index is 705. The molecule has 3 nitrogen and oxygen atoms in total. The molecule has 80 valence electrons. The second-order valence-corrected chi connectivity index (χ2v) is 3.73. The van der Waals surface area contributed by atoms with Crippen LogP contribution in [0.3, 0.4) is 0 Å². The molecule has 17 heavy (non-hydrogen) atoms. The van der Waals surface area contributed by atoms with Crippen LogP contribution >= 0.6 is 0 Å². The van der Waals surface area contributed by atoms with E-state index in [9.17, 15) is 5.26 Å². The molecule has 0 saturated carbocycles. The van der Waals surface area contributed by atoms with Gasteiger partial charge >= 0.3 is 0 Å². The van der Waals surface area contributed by atoms with Crippen LogP contribution < -0.4 is 0 Å². The Labute approximate surface area is 98.6 Å². The third-order valence-corrected chi connectivity index (χ3v) is 2.69. The molecule has 0 aliphatic heterocycles. The standard InChI is InChI=1S/C14H9N3/c15-10-17-13-9-5-4-8-12(13)16-14(17)11-6-2-1-3-7-11/h1-9H. The number of rotatable bonds is 1. The predicted molar refractivity (Wildman–Crippen MR) is 66.2 cm³/mol. The maximum absolute atomic E-state index is 9.24. The molecule has 2 aromatic carbocycles. The summed E-state index contributed by atoms with van der Waals surface area (Å²) >= 11 is 0. The third-order valence-electron chi connectivity index (χ3n) is 2.69. The van der Waals surface area contributed by atoms with Crippen LogP contribution in [0.4, 0.5) is 0 Å². The van der Waals surface area contributed by atoms with Crippen molar-refractivity contribution in [2.75, 3.05) is 0 Å². The lowest BCUT2D eigenvalue weighted by molar-refractivity contribution is 1.12. The number of aromatic nitrogens is 2. The Morgan fingerprint density at radius 3 is 2.41 bits per heavy atom. The van der Waals surface area contributed by atoms with Gasteiger partial charge in [0.05, 0.1) is 11.0 Å². The van der Waals surface area contributed by atoms with E-state index in [-0.39, 0.29) is 0 Å². The number of benzene rings is 2. The SMILES string of the molecule is N#Cn1c(-c2ccccc2)nc2ccccc21. The van der Waals surface area contributed by atoms with E-state index in [0.29, 0.717) is 5.82 Å². The number of imidazole rings is 1. The second-order valence-electron chi connectivity index (χ2n) is 3.73. The third kappa shape index (κ3) is 1.47. The molecule has 0 unspecified atom stereocenters. The molecule has 0 fully saturated rings. The van der Waals surface area contributed by atoms with Gasteiger partial charge in [0.25, 0.3) is 0 Å². The van der Waals surface area contributed by atoms with Gasteiger partial charge in [-0.2, -0.15) is 5.26 Å². The number of hydrogen-bond acceptors (Lipinski definition) is 2. The average molecular weight is 219 g/mol. The highest BCUT2D eigenvalue weighted by molar-refractivity contribution is 5.81. The zero-order valence-electron chi connectivity index (χ0n) is 9.04. The largest absolute Gasteiger partial charge is 0.228 e. The molecule has 0 bridgehead atoms. The fourth-order valence-electron chi connectivity index (χ4n) is 1.91. The highest BCUT2D eigenvalue weighted by Gasteiger charge is 2.10. The monoisotopic (exact) mass is 219 g/mol. The van der Waals surface area contributed by atoms with Gasteiger partial charge in [0, 0.05) is 5.56 Å². The van der Waals surface area contributed by atoms with Gasteiger partial charge in [0.15, 0.2) is 12.0 Å². The quantitative estimate of drug-likeness (QED) is 0.631. The molecule has 0 radical (unpaired) electrons. The fraction of sp³-hybridized carbons (Fsp3) is 0. The van der Waals surface area contributed by atoms with Gasteiger partial charge in [-0.15, -0.1) is 0 Å². The summed E-state index contributed by atoms with van der Waals surface area (Å²) in [6.45, 7) is 0. The van der Waals surface area contributed by atoms with Gasteiger partial charge in [-0.25, -0.2) is 9.55 Å². The summed E-state index contributed by atoms with van der Waals surface area (Å²) in [5.74, 6) is 0.689. The topological polar surface area (TPSA) is 41.6 Å². The molecule has 0 aliphatic rings. The van der Waals surface area contributed by atoms with Gasteiger partial charge in [-0.1, -0.05) is 42.5 Å². The minimum atomic E-state index is 0.689. The van der Waals surface area contributed by atoms with Crippen molar-refractivity contribution in [1.29, 1.82) is 5.26 Å². The first-order valence-corrected chi connectivity index (χ1v) is 5.33. The summed E-state index contributed by atoms with van der Waals surface area (Å²) in [7, 11) is 0. The Morgan fingerprint density at radius 2 is 1.65 bits per heavy atom. The van der Waals surface area contributed by atoms with E-state index in [0.717, 1.165) is 16.6 Å².